The Kier molecular flexibility index (Phi) is 5.73. The van der Waals surface area contributed by atoms with Gasteiger partial charge in [0.15, 0.2) is 5.11 Å². The Morgan fingerprint density at radius 1 is 1.23 bits per heavy atom. The molecular weight excluding hydrogens is 346 g/mol. The predicted octanol–water partition coefficient (Wildman–Crippen LogP) is 3.62. The highest BCUT2D eigenvalue weighted by molar-refractivity contribution is 7.80. The minimum atomic E-state index is 0.200. The molecule has 1 fully saturated rings. The summed E-state index contributed by atoms with van der Waals surface area (Å²) in [5, 5.41) is 6.95. The van der Waals surface area contributed by atoms with Gasteiger partial charge in [0, 0.05) is 30.9 Å². The molecule has 2 aromatic rings. The van der Waals surface area contributed by atoms with E-state index in [0.717, 1.165) is 41.2 Å². The zero-order chi connectivity index (χ0) is 18.5. The summed E-state index contributed by atoms with van der Waals surface area (Å²) >= 11 is 5.37. The van der Waals surface area contributed by atoms with Crippen LogP contribution in [0.5, 0.6) is 5.75 Å². The Morgan fingerprint density at radius 2 is 2.00 bits per heavy atom. The maximum atomic E-state index is 11.9. The lowest BCUT2D eigenvalue weighted by Gasteiger charge is -2.19. The second kappa shape index (κ2) is 8.19. The monoisotopic (exact) mass is 369 g/mol. The summed E-state index contributed by atoms with van der Waals surface area (Å²) in [7, 11) is 1.65. The average molecular weight is 369 g/mol. The summed E-state index contributed by atoms with van der Waals surface area (Å²) in [5.41, 5.74) is 4.07. The normalized spacial score (nSPS) is 13.6. The van der Waals surface area contributed by atoms with Crippen LogP contribution in [0.4, 0.5) is 11.4 Å². The van der Waals surface area contributed by atoms with Crippen LogP contribution in [-0.4, -0.2) is 24.7 Å². The van der Waals surface area contributed by atoms with E-state index in [1.807, 2.05) is 54.3 Å². The van der Waals surface area contributed by atoms with Crippen molar-refractivity contribution in [3.8, 4) is 5.75 Å². The second-order valence-electron chi connectivity index (χ2n) is 6.31. The van der Waals surface area contributed by atoms with E-state index in [0.29, 0.717) is 18.1 Å². The highest BCUT2D eigenvalue weighted by atomic mass is 32.1. The van der Waals surface area contributed by atoms with E-state index < -0.39 is 0 Å². The van der Waals surface area contributed by atoms with Gasteiger partial charge in [-0.05, 0) is 67.0 Å². The van der Waals surface area contributed by atoms with E-state index in [9.17, 15) is 4.79 Å². The number of thiocarbonyl (C=S) groups is 1. The van der Waals surface area contributed by atoms with E-state index in [1.165, 1.54) is 0 Å². The first-order valence-electron chi connectivity index (χ1n) is 8.65. The van der Waals surface area contributed by atoms with Crippen molar-refractivity contribution >= 4 is 34.6 Å². The first-order valence-corrected chi connectivity index (χ1v) is 9.06. The summed E-state index contributed by atoms with van der Waals surface area (Å²) in [6, 6.07) is 13.8. The van der Waals surface area contributed by atoms with Crippen LogP contribution >= 0.6 is 12.2 Å². The third-order valence-corrected chi connectivity index (χ3v) is 4.68. The molecule has 0 saturated carbocycles. The molecule has 136 valence electrons. The van der Waals surface area contributed by atoms with Gasteiger partial charge in [-0.3, -0.25) is 4.79 Å². The van der Waals surface area contributed by atoms with Crippen LogP contribution in [0.1, 0.15) is 24.0 Å². The van der Waals surface area contributed by atoms with Crippen LogP contribution in [0.2, 0.25) is 0 Å². The zero-order valence-electron chi connectivity index (χ0n) is 15.0. The molecule has 2 aromatic carbocycles. The van der Waals surface area contributed by atoms with Gasteiger partial charge in [0.2, 0.25) is 5.91 Å². The van der Waals surface area contributed by atoms with Crippen molar-refractivity contribution in [3.05, 3.63) is 53.6 Å². The molecule has 5 nitrogen and oxygen atoms in total. The Labute approximate surface area is 159 Å². The van der Waals surface area contributed by atoms with Crippen molar-refractivity contribution in [2.45, 2.75) is 26.3 Å². The summed E-state index contributed by atoms with van der Waals surface area (Å²) in [6.07, 6.45) is 1.57. The second-order valence-corrected chi connectivity index (χ2v) is 6.71. The zero-order valence-corrected chi connectivity index (χ0v) is 15.9. The Morgan fingerprint density at radius 3 is 2.62 bits per heavy atom. The number of nitrogens with zero attached hydrogens (tertiary/aromatic N) is 1. The number of hydrogen-bond acceptors (Lipinski definition) is 3. The molecule has 1 aliphatic heterocycles. The van der Waals surface area contributed by atoms with Gasteiger partial charge in [0.25, 0.3) is 0 Å². The molecule has 0 atom stereocenters. The van der Waals surface area contributed by atoms with Gasteiger partial charge in [0.05, 0.1) is 7.11 Å². The van der Waals surface area contributed by atoms with Gasteiger partial charge in [-0.2, -0.15) is 0 Å². The molecule has 2 N–H and O–H groups in total. The van der Waals surface area contributed by atoms with Crippen molar-refractivity contribution < 1.29 is 9.53 Å². The van der Waals surface area contributed by atoms with E-state index in [1.54, 1.807) is 7.11 Å². The van der Waals surface area contributed by atoms with Crippen molar-refractivity contribution in [2.75, 3.05) is 23.9 Å². The summed E-state index contributed by atoms with van der Waals surface area (Å²) in [5.74, 6) is 1.03. The Bertz CT molecular complexity index is 805. The molecule has 0 radical (unpaired) electrons. The number of methoxy groups -OCH3 is 1. The molecule has 0 aromatic heterocycles. The minimum absolute atomic E-state index is 0.200. The SMILES string of the molecule is COc1ccc(CNC(=S)Nc2ccc(N3CCCC3=O)c(C)c2)cc1. The third kappa shape index (κ3) is 4.32. The number of anilines is 2. The maximum Gasteiger partial charge on any atom is 0.227 e. The van der Waals surface area contributed by atoms with E-state index >= 15 is 0 Å². The first kappa shape index (κ1) is 18.2. The average Bonchev–Trinajstić information content (AvgIpc) is 3.06. The number of aryl methyl sites for hydroxylation is 1. The molecule has 1 amide bonds. The number of amides is 1. The fourth-order valence-corrected chi connectivity index (χ4v) is 3.23. The number of nitrogens with one attached hydrogen (secondary N) is 2. The van der Waals surface area contributed by atoms with Gasteiger partial charge >= 0.3 is 0 Å². The standard InChI is InChI=1S/C20H23N3O2S/c1-14-12-16(7-10-18(14)23-11-3-4-19(23)24)22-20(26)21-13-15-5-8-17(25-2)9-6-15/h5-10,12H,3-4,11,13H2,1-2H3,(H2,21,22,26). The quantitative estimate of drug-likeness (QED) is 0.789. The number of ether oxygens (including phenoxy) is 1. The minimum Gasteiger partial charge on any atom is -0.497 e. The Balaban J connectivity index is 1.57. The van der Waals surface area contributed by atoms with Gasteiger partial charge in [-0.1, -0.05) is 12.1 Å². The highest BCUT2D eigenvalue weighted by Gasteiger charge is 2.22. The maximum absolute atomic E-state index is 11.9. The van der Waals surface area contributed by atoms with Gasteiger partial charge in [0.1, 0.15) is 5.75 Å². The van der Waals surface area contributed by atoms with Crippen molar-refractivity contribution in [1.29, 1.82) is 0 Å². The summed E-state index contributed by atoms with van der Waals surface area (Å²) < 4.78 is 5.16. The molecule has 26 heavy (non-hydrogen) atoms. The van der Waals surface area contributed by atoms with E-state index in [-0.39, 0.29) is 5.91 Å². The first-order chi connectivity index (χ1) is 12.6. The largest absolute Gasteiger partial charge is 0.497 e. The van der Waals surface area contributed by atoms with Gasteiger partial charge in [-0.25, -0.2) is 0 Å². The van der Waals surface area contributed by atoms with Crippen molar-refractivity contribution in [1.82, 2.24) is 5.32 Å². The molecule has 0 spiro atoms. The summed E-state index contributed by atoms with van der Waals surface area (Å²) in [4.78, 5) is 13.8. The van der Waals surface area contributed by atoms with Gasteiger partial charge < -0.3 is 20.3 Å². The fraction of sp³-hybridized carbons (Fsp3) is 0.300. The third-order valence-electron chi connectivity index (χ3n) is 4.43. The van der Waals surface area contributed by atoms with Crippen LogP contribution in [0.3, 0.4) is 0 Å². The molecule has 0 unspecified atom stereocenters. The van der Waals surface area contributed by atoms with Crippen LogP contribution in [0.15, 0.2) is 42.5 Å². The number of rotatable bonds is 5. The van der Waals surface area contributed by atoms with Gasteiger partial charge in [-0.15, -0.1) is 0 Å². The highest BCUT2D eigenvalue weighted by Crippen LogP contribution is 2.27. The fourth-order valence-electron chi connectivity index (χ4n) is 3.04. The molecular formula is C20H23N3O2S. The molecule has 3 rings (SSSR count). The van der Waals surface area contributed by atoms with Crippen molar-refractivity contribution in [3.63, 3.8) is 0 Å². The number of benzene rings is 2. The smallest absolute Gasteiger partial charge is 0.227 e. The van der Waals surface area contributed by atoms with Crippen LogP contribution in [-0.2, 0) is 11.3 Å². The summed E-state index contributed by atoms with van der Waals surface area (Å²) in [6.45, 7) is 3.45. The molecule has 6 heteroatoms. The van der Waals surface area contributed by atoms with Crippen LogP contribution < -0.4 is 20.3 Å². The Hall–Kier alpha value is -2.60. The molecule has 0 aliphatic carbocycles. The molecule has 0 bridgehead atoms. The lowest BCUT2D eigenvalue weighted by atomic mass is 10.1. The number of carbonyl (C=O) groups excluding carboxylic acids is 1. The topological polar surface area (TPSA) is 53.6 Å². The van der Waals surface area contributed by atoms with Crippen molar-refractivity contribution in [2.24, 2.45) is 0 Å². The van der Waals surface area contributed by atoms with E-state index in [2.05, 4.69) is 10.6 Å². The predicted molar refractivity (Wildman–Crippen MR) is 109 cm³/mol. The lowest BCUT2D eigenvalue weighted by Crippen LogP contribution is -2.28. The molecule has 1 aliphatic rings. The van der Waals surface area contributed by atoms with Crippen LogP contribution in [0.25, 0.3) is 0 Å². The number of hydrogen-bond donors (Lipinski definition) is 2. The molecule has 1 heterocycles. The lowest BCUT2D eigenvalue weighted by molar-refractivity contribution is -0.117. The number of carbonyl (C=O) groups is 1. The van der Waals surface area contributed by atoms with Crippen LogP contribution in [0, 0.1) is 6.92 Å². The van der Waals surface area contributed by atoms with E-state index in [4.69, 9.17) is 17.0 Å². The molecule has 1 saturated heterocycles.